The van der Waals surface area contributed by atoms with Crippen LogP contribution in [0.15, 0.2) is 24.3 Å². The number of carbonyl (C=O) groups excluding carboxylic acids is 2. The van der Waals surface area contributed by atoms with E-state index < -0.39 is 5.54 Å². The Balaban J connectivity index is 2.27. The summed E-state index contributed by atoms with van der Waals surface area (Å²) in [4.78, 5) is 25.2. The number of amides is 3. The van der Waals surface area contributed by atoms with Crippen molar-refractivity contribution < 1.29 is 9.59 Å². The quantitative estimate of drug-likeness (QED) is 0.618. The van der Waals surface area contributed by atoms with Crippen molar-refractivity contribution in [1.29, 1.82) is 0 Å². The Morgan fingerprint density at radius 1 is 1.30 bits per heavy atom. The summed E-state index contributed by atoms with van der Waals surface area (Å²) < 4.78 is 0. The molecule has 0 spiro atoms. The van der Waals surface area contributed by atoms with Gasteiger partial charge in [-0.2, -0.15) is 0 Å². The SMILES string of the molecule is CC1(C)NC(=O)N(Cc2ccccc2C#CCN)C1=O. The maximum Gasteiger partial charge on any atom is 0.325 e. The van der Waals surface area contributed by atoms with Gasteiger partial charge in [-0.25, -0.2) is 4.79 Å². The van der Waals surface area contributed by atoms with Crippen LogP contribution in [0.4, 0.5) is 4.79 Å². The van der Waals surface area contributed by atoms with E-state index >= 15 is 0 Å². The Morgan fingerprint density at radius 3 is 2.60 bits per heavy atom. The zero-order valence-electron chi connectivity index (χ0n) is 11.6. The molecule has 104 valence electrons. The van der Waals surface area contributed by atoms with Crippen LogP contribution >= 0.6 is 0 Å². The van der Waals surface area contributed by atoms with E-state index in [1.807, 2.05) is 24.3 Å². The Labute approximate surface area is 118 Å². The number of hydrogen-bond donors (Lipinski definition) is 2. The molecule has 3 N–H and O–H groups in total. The first kappa shape index (κ1) is 14.1. The van der Waals surface area contributed by atoms with Crippen molar-refractivity contribution in [1.82, 2.24) is 10.2 Å². The highest BCUT2D eigenvalue weighted by atomic mass is 16.2. The van der Waals surface area contributed by atoms with Gasteiger partial charge < -0.3 is 11.1 Å². The summed E-state index contributed by atoms with van der Waals surface area (Å²) in [6, 6.07) is 7.04. The Hall–Kier alpha value is -2.32. The van der Waals surface area contributed by atoms with Crippen LogP contribution in [-0.2, 0) is 11.3 Å². The van der Waals surface area contributed by atoms with Crippen molar-refractivity contribution in [3.05, 3.63) is 35.4 Å². The zero-order valence-corrected chi connectivity index (χ0v) is 11.6. The first-order chi connectivity index (χ1) is 9.45. The van der Waals surface area contributed by atoms with Crippen LogP contribution in [0, 0.1) is 11.8 Å². The molecular formula is C15H17N3O2. The summed E-state index contributed by atoms with van der Waals surface area (Å²) in [6.07, 6.45) is 0. The van der Waals surface area contributed by atoms with Crippen molar-refractivity contribution in [3.8, 4) is 11.8 Å². The maximum absolute atomic E-state index is 12.2. The molecule has 0 saturated carbocycles. The molecule has 0 aromatic heterocycles. The fraction of sp³-hybridized carbons (Fsp3) is 0.333. The first-order valence-corrected chi connectivity index (χ1v) is 6.36. The van der Waals surface area contributed by atoms with Gasteiger partial charge in [0.05, 0.1) is 13.1 Å². The fourth-order valence-corrected chi connectivity index (χ4v) is 2.06. The minimum atomic E-state index is -0.852. The van der Waals surface area contributed by atoms with Gasteiger partial charge in [0, 0.05) is 5.56 Å². The molecule has 1 heterocycles. The lowest BCUT2D eigenvalue weighted by atomic mass is 10.0. The second-order valence-electron chi connectivity index (χ2n) is 5.11. The Kier molecular flexibility index (Phi) is 3.77. The molecule has 1 fully saturated rings. The van der Waals surface area contributed by atoms with Crippen molar-refractivity contribution in [2.24, 2.45) is 5.73 Å². The zero-order chi connectivity index (χ0) is 14.8. The Bertz CT molecular complexity index is 611. The van der Waals surface area contributed by atoms with Gasteiger partial charge in [-0.1, -0.05) is 30.0 Å². The summed E-state index contributed by atoms with van der Waals surface area (Å²) in [5, 5.41) is 2.66. The van der Waals surface area contributed by atoms with Crippen molar-refractivity contribution in [2.45, 2.75) is 25.9 Å². The molecule has 20 heavy (non-hydrogen) atoms. The third kappa shape index (κ3) is 2.65. The number of urea groups is 1. The molecule has 0 bridgehead atoms. The largest absolute Gasteiger partial charge is 0.325 e. The van der Waals surface area contributed by atoms with E-state index in [2.05, 4.69) is 17.2 Å². The molecule has 0 radical (unpaired) electrons. The van der Waals surface area contributed by atoms with Crippen molar-refractivity contribution in [3.63, 3.8) is 0 Å². The van der Waals surface area contributed by atoms with Gasteiger partial charge in [0.25, 0.3) is 5.91 Å². The van der Waals surface area contributed by atoms with Crippen LogP contribution in [0.5, 0.6) is 0 Å². The normalized spacial score (nSPS) is 16.6. The van der Waals surface area contributed by atoms with Crippen LogP contribution in [-0.4, -0.2) is 28.9 Å². The van der Waals surface area contributed by atoms with Crippen LogP contribution in [0.25, 0.3) is 0 Å². The van der Waals surface area contributed by atoms with Gasteiger partial charge in [-0.3, -0.25) is 9.69 Å². The predicted molar refractivity (Wildman–Crippen MR) is 75.5 cm³/mol. The van der Waals surface area contributed by atoms with E-state index in [0.717, 1.165) is 11.1 Å². The molecule has 5 nitrogen and oxygen atoms in total. The molecule has 1 aliphatic heterocycles. The van der Waals surface area contributed by atoms with Crippen molar-refractivity contribution >= 4 is 11.9 Å². The molecule has 1 saturated heterocycles. The minimum absolute atomic E-state index is 0.212. The van der Waals surface area contributed by atoms with E-state index in [9.17, 15) is 9.59 Å². The topological polar surface area (TPSA) is 75.4 Å². The van der Waals surface area contributed by atoms with Gasteiger partial charge in [-0.15, -0.1) is 0 Å². The number of nitrogens with zero attached hydrogens (tertiary/aromatic N) is 1. The summed E-state index contributed by atoms with van der Waals surface area (Å²) in [7, 11) is 0. The molecule has 0 atom stereocenters. The molecule has 0 unspecified atom stereocenters. The lowest BCUT2D eigenvalue weighted by molar-refractivity contribution is -0.130. The lowest BCUT2D eigenvalue weighted by Crippen LogP contribution is -2.40. The van der Waals surface area contributed by atoms with Crippen LogP contribution in [0.1, 0.15) is 25.0 Å². The predicted octanol–water partition coefficient (Wildman–Crippen LogP) is 0.827. The van der Waals surface area contributed by atoms with Gasteiger partial charge in [0.2, 0.25) is 0 Å². The Morgan fingerprint density at radius 2 is 2.00 bits per heavy atom. The highest BCUT2D eigenvalue weighted by Gasteiger charge is 2.44. The van der Waals surface area contributed by atoms with E-state index in [0.29, 0.717) is 0 Å². The average Bonchev–Trinajstić information content (AvgIpc) is 2.60. The molecule has 1 aromatic rings. The van der Waals surface area contributed by atoms with Gasteiger partial charge in [0.15, 0.2) is 0 Å². The number of hydrogen-bond acceptors (Lipinski definition) is 3. The number of benzene rings is 1. The standard InChI is InChI=1S/C15H17N3O2/c1-15(2)13(19)18(14(20)17-15)10-12-7-4-3-6-11(12)8-5-9-16/h3-4,6-7H,9-10,16H2,1-2H3,(H,17,20). The molecule has 0 aliphatic carbocycles. The minimum Gasteiger partial charge on any atom is -0.324 e. The third-order valence-electron chi connectivity index (χ3n) is 3.12. The first-order valence-electron chi connectivity index (χ1n) is 6.36. The fourth-order valence-electron chi connectivity index (χ4n) is 2.06. The number of nitrogens with one attached hydrogen (secondary N) is 1. The molecule has 1 aromatic carbocycles. The van der Waals surface area contributed by atoms with E-state index in [4.69, 9.17) is 5.73 Å². The number of nitrogens with two attached hydrogens (primary N) is 1. The van der Waals surface area contributed by atoms with E-state index in [1.54, 1.807) is 13.8 Å². The molecular weight excluding hydrogens is 254 g/mol. The van der Waals surface area contributed by atoms with Crippen LogP contribution < -0.4 is 11.1 Å². The van der Waals surface area contributed by atoms with Crippen LogP contribution in [0.3, 0.4) is 0 Å². The summed E-state index contributed by atoms with van der Waals surface area (Å²) in [5.41, 5.74) is 6.12. The number of carbonyl (C=O) groups is 2. The summed E-state index contributed by atoms with van der Waals surface area (Å²) >= 11 is 0. The summed E-state index contributed by atoms with van der Waals surface area (Å²) in [5.74, 6) is 5.50. The number of rotatable bonds is 2. The van der Waals surface area contributed by atoms with Gasteiger partial charge >= 0.3 is 6.03 Å². The monoisotopic (exact) mass is 271 g/mol. The smallest absolute Gasteiger partial charge is 0.324 e. The highest BCUT2D eigenvalue weighted by Crippen LogP contribution is 2.20. The average molecular weight is 271 g/mol. The van der Waals surface area contributed by atoms with E-state index in [-0.39, 0.29) is 25.0 Å². The summed E-state index contributed by atoms with van der Waals surface area (Å²) in [6.45, 7) is 3.86. The highest BCUT2D eigenvalue weighted by molar-refractivity contribution is 6.06. The number of imide groups is 1. The lowest BCUT2D eigenvalue weighted by Gasteiger charge is -2.16. The van der Waals surface area contributed by atoms with Crippen LogP contribution in [0.2, 0.25) is 0 Å². The molecule has 1 aliphatic rings. The van der Waals surface area contributed by atoms with E-state index in [1.165, 1.54) is 4.90 Å². The molecule has 3 amide bonds. The van der Waals surface area contributed by atoms with Crippen molar-refractivity contribution in [2.75, 3.05) is 6.54 Å². The molecule has 2 rings (SSSR count). The van der Waals surface area contributed by atoms with Gasteiger partial charge in [-0.05, 0) is 25.5 Å². The maximum atomic E-state index is 12.2. The third-order valence-corrected chi connectivity index (χ3v) is 3.12. The second-order valence-corrected chi connectivity index (χ2v) is 5.11. The molecule has 5 heteroatoms. The second kappa shape index (κ2) is 5.35. The van der Waals surface area contributed by atoms with Gasteiger partial charge in [0.1, 0.15) is 5.54 Å².